The summed E-state index contributed by atoms with van der Waals surface area (Å²) in [5.74, 6) is -1.37. The lowest BCUT2D eigenvalue weighted by Crippen LogP contribution is -2.34. The minimum absolute atomic E-state index is 0.0123. The summed E-state index contributed by atoms with van der Waals surface area (Å²) in [4.78, 5) is 24.8. The number of hydrogen-bond acceptors (Lipinski definition) is 6. The fraction of sp³-hybridized carbons (Fsp3) is 0.100. The fourth-order valence-electron chi connectivity index (χ4n) is 3.12. The van der Waals surface area contributed by atoms with Crippen LogP contribution >= 0.6 is 22.9 Å². The van der Waals surface area contributed by atoms with Crippen molar-refractivity contribution in [2.24, 2.45) is 0 Å². The quantitative estimate of drug-likeness (QED) is 0.576. The Hall–Kier alpha value is -2.95. The van der Waals surface area contributed by atoms with Gasteiger partial charge >= 0.3 is 6.03 Å². The van der Waals surface area contributed by atoms with Crippen LogP contribution in [0, 0.1) is 5.82 Å². The number of rotatable bonds is 4. The van der Waals surface area contributed by atoms with Gasteiger partial charge in [0, 0.05) is 11.3 Å². The number of carbonyl (C=O) groups excluding carboxylic acids is 2. The smallest absolute Gasteiger partial charge is 0.333 e. The predicted molar refractivity (Wildman–Crippen MR) is 114 cm³/mol. The van der Waals surface area contributed by atoms with E-state index in [4.69, 9.17) is 16.3 Å². The van der Waals surface area contributed by atoms with E-state index in [1.54, 1.807) is 24.3 Å². The van der Waals surface area contributed by atoms with Crippen molar-refractivity contribution in [2.75, 3.05) is 11.9 Å². The van der Waals surface area contributed by atoms with E-state index in [1.165, 1.54) is 24.3 Å². The SMILES string of the molecule is O=C(Nc1ccc(C2COc3ccccc3C2=O)c(F)c1)NS(=O)(=O)c1ccc(Cl)s1. The Labute approximate surface area is 185 Å². The molecule has 0 saturated carbocycles. The molecule has 1 atom stereocenters. The maximum absolute atomic E-state index is 14.7. The Bertz CT molecular complexity index is 1290. The molecule has 4 rings (SSSR count). The molecule has 160 valence electrons. The largest absolute Gasteiger partial charge is 0.492 e. The van der Waals surface area contributed by atoms with Crippen LogP contribution in [0.2, 0.25) is 4.34 Å². The third-order valence-electron chi connectivity index (χ3n) is 4.55. The molecule has 0 bridgehead atoms. The number of carbonyl (C=O) groups is 2. The number of ether oxygens (including phenoxy) is 1. The molecule has 3 aromatic rings. The number of thiophene rings is 1. The number of para-hydroxylation sites is 1. The summed E-state index contributed by atoms with van der Waals surface area (Å²) < 4.78 is 46.6. The zero-order valence-electron chi connectivity index (χ0n) is 15.6. The molecule has 2 aromatic carbocycles. The van der Waals surface area contributed by atoms with Crippen molar-refractivity contribution >= 4 is 50.5 Å². The van der Waals surface area contributed by atoms with E-state index in [-0.39, 0.29) is 32.2 Å². The van der Waals surface area contributed by atoms with E-state index in [1.807, 2.05) is 4.72 Å². The van der Waals surface area contributed by atoms with Gasteiger partial charge in [-0.2, -0.15) is 0 Å². The molecule has 11 heteroatoms. The van der Waals surface area contributed by atoms with Crippen molar-refractivity contribution in [3.63, 3.8) is 0 Å². The van der Waals surface area contributed by atoms with E-state index in [0.717, 1.165) is 17.4 Å². The van der Waals surface area contributed by atoms with Gasteiger partial charge in [-0.15, -0.1) is 11.3 Å². The number of anilines is 1. The lowest BCUT2D eigenvalue weighted by Gasteiger charge is -2.24. The molecule has 0 saturated heterocycles. The van der Waals surface area contributed by atoms with E-state index in [0.29, 0.717) is 11.3 Å². The maximum Gasteiger partial charge on any atom is 0.333 e. The summed E-state index contributed by atoms with van der Waals surface area (Å²) >= 11 is 6.51. The number of fused-ring (bicyclic) bond motifs is 1. The van der Waals surface area contributed by atoms with E-state index in [2.05, 4.69) is 5.32 Å². The van der Waals surface area contributed by atoms with Gasteiger partial charge in [-0.1, -0.05) is 29.8 Å². The molecule has 2 heterocycles. The molecule has 2 amide bonds. The number of benzene rings is 2. The second-order valence-corrected chi connectivity index (χ2v) is 10.2. The summed E-state index contributed by atoms with van der Waals surface area (Å²) in [6.07, 6.45) is 0. The molecule has 31 heavy (non-hydrogen) atoms. The van der Waals surface area contributed by atoms with E-state index < -0.39 is 27.8 Å². The van der Waals surface area contributed by atoms with Gasteiger partial charge in [0.25, 0.3) is 10.0 Å². The monoisotopic (exact) mass is 480 g/mol. The first-order valence-corrected chi connectivity index (χ1v) is 11.6. The van der Waals surface area contributed by atoms with Crippen LogP contribution in [-0.4, -0.2) is 26.8 Å². The maximum atomic E-state index is 14.7. The number of sulfonamides is 1. The lowest BCUT2D eigenvalue weighted by molar-refractivity contribution is 0.0893. The standard InChI is InChI=1S/C20H14ClFN2O5S2/c21-17-7-8-18(30-17)31(27,28)24-20(26)23-11-5-6-12(15(22)9-11)14-10-29-16-4-2-1-3-13(16)19(14)25/h1-9,14H,10H2,(H2,23,24,26). The molecular formula is C20H14ClFN2O5S2. The number of amides is 2. The molecular weight excluding hydrogens is 467 g/mol. The zero-order valence-corrected chi connectivity index (χ0v) is 18.0. The summed E-state index contributed by atoms with van der Waals surface area (Å²) in [5.41, 5.74) is 0.507. The highest BCUT2D eigenvalue weighted by Crippen LogP contribution is 2.34. The molecule has 1 unspecified atom stereocenters. The van der Waals surface area contributed by atoms with Gasteiger partial charge in [0.15, 0.2) is 5.78 Å². The van der Waals surface area contributed by atoms with Crippen LogP contribution in [0.3, 0.4) is 0 Å². The fourth-order valence-corrected chi connectivity index (χ4v) is 5.51. The van der Waals surface area contributed by atoms with Gasteiger partial charge in [-0.3, -0.25) is 4.79 Å². The number of halogens is 2. The van der Waals surface area contributed by atoms with Gasteiger partial charge in [0.05, 0.1) is 15.8 Å². The number of urea groups is 1. The highest BCUT2D eigenvalue weighted by Gasteiger charge is 2.31. The Balaban J connectivity index is 1.48. The molecule has 2 N–H and O–H groups in total. The van der Waals surface area contributed by atoms with Crippen LogP contribution in [0.25, 0.3) is 0 Å². The van der Waals surface area contributed by atoms with Crippen molar-refractivity contribution < 1.29 is 27.1 Å². The lowest BCUT2D eigenvalue weighted by atomic mass is 9.88. The van der Waals surface area contributed by atoms with Crippen molar-refractivity contribution in [2.45, 2.75) is 10.1 Å². The second-order valence-electron chi connectivity index (χ2n) is 6.58. The van der Waals surface area contributed by atoms with Gasteiger partial charge in [0.1, 0.15) is 22.4 Å². The normalized spacial score (nSPS) is 15.7. The predicted octanol–water partition coefficient (Wildman–Crippen LogP) is 4.41. The number of ketones is 1. The first kappa shape index (κ1) is 21.3. The van der Waals surface area contributed by atoms with Crippen LogP contribution in [0.15, 0.2) is 58.8 Å². The number of hydrogen-bond donors (Lipinski definition) is 2. The minimum Gasteiger partial charge on any atom is -0.492 e. The van der Waals surface area contributed by atoms with Crippen molar-refractivity contribution in [3.8, 4) is 5.75 Å². The highest BCUT2D eigenvalue weighted by molar-refractivity contribution is 7.92. The summed E-state index contributed by atoms with van der Waals surface area (Å²) in [6.45, 7) is -0.0123. The van der Waals surface area contributed by atoms with Crippen LogP contribution in [0.5, 0.6) is 5.75 Å². The number of Topliss-reactive ketones (excluding diaryl/α,β-unsaturated/α-hetero) is 1. The van der Waals surface area contributed by atoms with Crippen LogP contribution in [-0.2, 0) is 10.0 Å². The van der Waals surface area contributed by atoms with E-state index >= 15 is 0 Å². The molecule has 1 aliphatic heterocycles. The summed E-state index contributed by atoms with van der Waals surface area (Å²) in [7, 11) is -4.11. The van der Waals surface area contributed by atoms with Crippen molar-refractivity contribution in [1.82, 2.24) is 4.72 Å². The first-order chi connectivity index (χ1) is 14.7. The molecule has 0 radical (unpaired) electrons. The van der Waals surface area contributed by atoms with Crippen molar-refractivity contribution in [3.05, 3.63) is 75.9 Å². The van der Waals surface area contributed by atoms with Gasteiger partial charge < -0.3 is 10.1 Å². The number of nitrogens with one attached hydrogen (secondary N) is 2. The van der Waals surface area contributed by atoms with Gasteiger partial charge in [-0.05, 0) is 36.4 Å². The summed E-state index contributed by atoms with van der Waals surface area (Å²) in [5, 5.41) is 2.26. The molecule has 7 nitrogen and oxygen atoms in total. The summed E-state index contributed by atoms with van der Waals surface area (Å²) in [6, 6.07) is 12.1. The molecule has 1 aromatic heterocycles. The van der Waals surface area contributed by atoms with E-state index in [9.17, 15) is 22.4 Å². The molecule has 0 spiro atoms. The third kappa shape index (κ3) is 4.41. The topological polar surface area (TPSA) is 102 Å². The van der Waals surface area contributed by atoms with Gasteiger partial charge in [-0.25, -0.2) is 22.3 Å². The molecule has 1 aliphatic rings. The Morgan fingerprint density at radius 2 is 1.94 bits per heavy atom. The first-order valence-electron chi connectivity index (χ1n) is 8.89. The minimum atomic E-state index is -4.11. The Morgan fingerprint density at radius 3 is 2.65 bits per heavy atom. The van der Waals surface area contributed by atoms with Gasteiger partial charge in [0.2, 0.25) is 0 Å². The van der Waals surface area contributed by atoms with Crippen LogP contribution in [0.1, 0.15) is 21.8 Å². The van der Waals surface area contributed by atoms with Crippen molar-refractivity contribution in [1.29, 1.82) is 0 Å². The average Bonchev–Trinajstić information content (AvgIpc) is 3.16. The highest BCUT2D eigenvalue weighted by atomic mass is 35.5. The van der Waals surface area contributed by atoms with Crippen LogP contribution < -0.4 is 14.8 Å². The Morgan fingerprint density at radius 1 is 1.16 bits per heavy atom. The average molecular weight is 481 g/mol. The Kier molecular flexibility index (Phi) is 5.69. The third-order valence-corrected chi connectivity index (χ3v) is 7.60. The second kappa shape index (κ2) is 8.29. The van der Waals surface area contributed by atoms with Crippen LogP contribution in [0.4, 0.5) is 14.9 Å². The molecule has 0 fully saturated rings. The molecule has 0 aliphatic carbocycles. The zero-order chi connectivity index (χ0) is 22.2.